The second-order valence-electron chi connectivity index (χ2n) is 5.44. The zero-order valence-corrected chi connectivity index (χ0v) is 10.7. The van der Waals surface area contributed by atoms with E-state index in [1.807, 2.05) is 0 Å². The van der Waals surface area contributed by atoms with E-state index < -0.39 is 0 Å². The Morgan fingerprint density at radius 1 is 1.28 bits per heavy atom. The number of aromatic nitrogens is 2. The Bertz CT molecular complexity index is 389. The van der Waals surface area contributed by atoms with Crippen LogP contribution in [0.15, 0.2) is 4.42 Å². The molecule has 18 heavy (non-hydrogen) atoms. The van der Waals surface area contributed by atoms with Crippen LogP contribution in [-0.2, 0) is 6.54 Å². The van der Waals surface area contributed by atoms with Crippen LogP contribution in [0.1, 0.15) is 56.2 Å². The molecule has 2 fully saturated rings. The second-order valence-corrected chi connectivity index (χ2v) is 5.44. The maximum absolute atomic E-state index is 8.91. The zero-order valence-electron chi connectivity index (χ0n) is 10.7. The van der Waals surface area contributed by atoms with Gasteiger partial charge in [-0.15, -0.1) is 10.2 Å². The first kappa shape index (κ1) is 12.1. The summed E-state index contributed by atoms with van der Waals surface area (Å²) in [6.07, 6.45) is 6.82. The maximum atomic E-state index is 8.91. The lowest BCUT2D eigenvalue weighted by Crippen LogP contribution is -2.29. The number of rotatable bonds is 6. The van der Waals surface area contributed by atoms with Crippen molar-refractivity contribution in [3.63, 3.8) is 0 Å². The first-order chi connectivity index (χ1) is 8.86. The van der Waals surface area contributed by atoms with Gasteiger partial charge in [-0.25, -0.2) is 0 Å². The monoisotopic (exact) mass is 251 g/mol. The molecule has 1 saturated carbocycles. The van der Waals surface area contributed by atoms with E-state index in [1.54, 1.807) is 0 Å². The Kier molecular flexibility index (Phi) is 3.61. The summed E-state index contributed by atoms with van der Waals surface area (Å²) < 4.78 is 5.71. The van der Waals surface area contributed by atoms with Crippen LogP contribution in [0.3, 0.4) is 0 Å². The van der Waals surface area contributed by atoms with Crippen molar-refractivity contribution in [2.24, 2.45) is 0 Å². The molecular formula is C13H21N3O2. The highest BCUT2D eigenvalue weighted by Crippen LogP contribution is 2.39. The predicted molar refractivity (Wildman–Crippen MR) is 66.0 cm³/mol. The highest BCUT2D eigenvalue weighted by atomic mass is 16.4. The molecule has 1 aliphatic heterocycles. The largest absolute Gasteiger partial charge is 0.424 e. The molecule has 0 spiro atoms. The summed E-state index contributed by atoms with van der Waals surface area (Å²) in [6, 6.07) is 0.577. The van der Waals surface area contributed by atoms with Crippen molar-refractivity contribution < 1.29 is 9.52 Å². The summed E-state index contributed by atoms with van der Waals surface area (Å²) >= 11 is 0. The number of likely N-dealkylation sites (tertiary alicyclic amines) is 1. The molecule has 1 aromatic heterocycles. The third kappa shape index (κ3) is 2.72. The number of nitrogens with zero attached hydrogens (tertiary/aromatic N) is 3. The smallest absolute Gasteiger partial charge is 0.230 e. The van der Waals surface area contributed by atoms with Crippen molar-refractivity contribution in [2.45, 2.75) is 57.0 Å². The lowest BCUT2D eigenvalue weighted by Gasteiger charge is -2.22. The molecule has 0 amide bonds. The van der Waals surface area contributed by atoms with Crippen LogP contribution >= 0.6 is 0 Å². The third-order valence-corrected chi connectivity index (χ3v) is 3.94. The van der Waals surface area contributed by atoms with Crippen LogP contribution in [-0.4, -0.2) is 39.4 Å². The van der Waals surface area contributed by atoms with Gasteiger partial charge < -0.3 is 9.52 Å². The summed E-state index contributed by atoms with van der Waals surface area (Å²) in [5.41, 5.74) is 0. The van der Waals surface area contributed by atoms with E-state index >= 15 is 0 Å². The van der Waals surface area contributed by atoms with Crippen molar-refractivity contribution in [1.82, 2.24) is 15.1 Å². The average molecular weight is 251 g/mol. The van der Waals surface area contributed by atoms with Gasteiger partial charge in [-0.05, 0) is 45.1 Å². The fraction of sp³-hybridized carbons (Fsp3) is 0.846. The molecule has 5 nitrogen and oxygen atoms in total. The third-order valence-electron chi connectivity index (χ3n) is 3.94. The summed E-state index contributed by atoms with van der Waals surface area (Å²) in [7, 11) is 0. The topological polar surface area (TPSA) is 62.4 Å². The van der Waals surface area contributed by atoms with E-state index in [0.29, 0.717) is 12.0 Å². The molecule has 1 unspecified atom stereocenters. The first-order valence-corrected chi connectivity index (χ1v) is 7.04. The van der Waals surface area contributed by atoms with Crippen LogP contribution < -0.4 is 0 Å². The number of aliphatic hydroxyl groups is 1. The van der Waals surface area contributed by atoms with Gasteiger partial charge in [-0.1, -0.05) is 0 Å². The minimum Gasteiger partial charge on any atom is -0.424 e. The molecule has 0 radical (unpaired) electrons. The molecule has 0 aromatic carbocycles. The van der Waals surface area contributed by atoms with Crippen LogP contribution in [0.2, 0.25) is 0 Å². The van der Waals surface area contributed by atoms with Gasteiger partial charge in [0, 0.05) is 18.6 Å². The molecule has 2 heterocycles. The summed E-state index contributed by atoms with van der Waals surface area (Å²) in [5.74, 6) is 2.12. The van der Waals surface area contributed by atoms with Crippen molar-refractivity contribution >= 4 is 0 Å². The Morgan fingerprint density at radius 2 is 2.17 bits per heavy atom. The molecule has 1 saturated heterocycles. The summed E-state index contributed by atoms with van der Waals surface area (Å²) in [5, 5.41) is 17.2. The molecular weight excluding hydrogens is 230 g/mol. The van der Waals surface area contributed by atoms with Crippen molar-refractivity contribution in [3.05, 3.63) is 11.8 Å². The molecule has 1 aliphatic carbocycles. The fourth-order valence-corrected chi connectivity index (χ4v) is 2.76. The van der Waals surface area contributed by atoms with Crippen molar-refractivity contribution in [3.8, 4) is 0 Å². The Balaban J connectivity index is 1.56. The van der Waals surface area contributed by atoms with Gasteiger partial charge in [0.15, 0.2) is 0 Å². The van der Waals surface area contributed by atoms with Gasteiger partial charge in [-0.2, -0.15) is 0 Å². The molecule has 2 aliphatic rings. The molecule has 5 heteroatoms. The predicted octanol–water partition coefficient (Wildman–Crippen LogP) is 1.68. The second kappa shape index (κ2) is 5.36. The average Bonchev–Trinajstić information content (AvgIpc) is 2.97. The van der Waals surface area contributed by atoms with Crippen molar-refractivity contribution in [1.29, 1.82) is 0 Å². The van der Waals surface area contributed by atoms with Crippen LogP contribution in [0.4, 0.5) is 0 Å². The van der Waals surface area contributed by atoms with Crippen LogP contribution in [0.5, 0.6) is 0 Å². The van der Waals surface area contributed by atoms with Crippen LogP contribution in [0.25, 0.3) is 0 Å². The summed E-state index contributed by atoms with van der Waals surface area (Å²) in [6.45, 7) is 2.17. The molecule has 1 N–H and O–H groups in total. The number of aliphatic hydroxyl groups excluding tert-OH is 1. The minimum atomic E-state index is 0.288. The highest BCUT2D eigenvalue weighted by molar-refractivity contribution is 5.00. The standard InChI is InChI=1S/C13H21N3O2/c17-8-2-4-11-3-1-7-16(11)9-12-14-15-13(18-12)10-5-6-10/h10-11,17H,1-9H2. The molecule has 1 atom stereocenters. The van der Waals surface area contributed by atoms with Gasteiger partial charge in [0.05, 0.1) is 6.54 Å². The van der Waals surface area contributed by atoms with Gasteiger partial charge in [-0.3, -0.25) is 4.90 Å². The van der Waals surface area contributed by atoms with E-state index in [4.69, 9.17) is 9.52 Å². The van der Waals surface area contributed by atoms with Gasteiger partial charge in [0.25, 0.3) is 0 Å². The highest BCUT2D eigenvalue weighted by Gasteiger charge is 2.30. The molecule has 3 rings (SSSR count). The van der Waals surface area contributed by atoms with Crippen LogP contribution in [0, 0.1) is 0 Å². The lowest BCUT2D eigenvalue weighted by atomic mass is 10.1. The minimum absolute atomic E-state index is 0.288. The SMILES string of the molecule is OCCCC1CCCN1Cc1nnc(C2CC2)o1. The molecule has 1 aromatic rings. The Labute approximate surface area is 107 Å². The quantitative estimate of drug-likeness (QED) is 0.833. The zero-order chi connectivity index (χ0) is 12.4. The van der Waals surface area contributed by atoms with E-state index in [0.717, 1.165) is 37.7 Å². The fourth-order valence-electron chi connectivity index (χ4n) is 2.76. The van der Waals surface area contributed by atoms with E-state index in [1.165, 1.54) is 25.7 Å². The summed E-state index contributed by atoms with van der Waals surface area (Å²) in [4.78, 5) is 2.42. The van der Waals surface area contributed by atoms with E-state index in [-0.39, 0.29) is 6.61 Å². The van der Waals surface area contributed by atoms with E-state index in [2.05, 4.69) is 15.1 Å². The Hall–Kier alpha value is -0.940. The Morgan fingerprint density at radius 3 is 2.94 bits per heavy atom. The first-order valence-electron chi connectivity index (χ1n) is 7.04. The maximum Gasteiger partial charge on any atom is 0.230 e. The van der Waals surface area contributed by atoms with Gasteiger partial charge in [0.2, 0.25) is 11.8 Å². The van der Waals surface area contributed by atoms with Gasteiger partial charge >= 0.3 is 0 Å². The normalized spacial score (nSPS) is 24.8. The van der Waals surface area contributed by atoms with Crippen molar-refractivity contribution in [2.75, 3.05) is 13.2 Å². The number of hydrogen-bond donors (Lipinski definition) is 1. The van der Waals surface area contributed by atoms with E-state index in [9.17, 15) is 0 Å². The molecule has 0 bridgehead atoms. The lowest BCUT2D eigenvalue weighted by molar-refractivity contribution is 0.194. The number of hydrogen-bond acceptors (Lipinski definition) is 5. The molecule has 100 valence electrons. The van der Waals surface area contributed by atoms with Gasteiger partial charge in [0.1, 0.15) is 0 Å².